The molecule has 0 bridgehead atoms. The Morgan fingerprint density at radius 2 is 2.05 bits per heavy atom. The highest BCUT2D eigenvalue weighted by Gasteiger charge is 2.18. The molecule has 0 aliphatic rings. The van der Waals surface area contributed by atoms with Gasteiger partial charge >= 0.3 is 5.97 Å². The third-order valence-corrected chi connectivity index (χ3v) is 3.14. The van der Waals surface area contributed by atoms with Crippen molar-refractivity contribution in [2.75, 3.05) is 20.2 Å². The number of hydrogen-bond acceptors (Lipinski definition) is 3. The van der Waals surface area contributed by atoms with Crippen molar-refractivity contribution in [3.63, 3.8) is 0 Å². The minimum atomic E-state index is -0.918. The van der Waals surface area contributed by atoms with Gasteiger partial charge in [0, 0.05) is 19.2 Å². The van der Waals surface area contributed by atoms with Crippen LogP contribution in [0.15, 0.2) is 35.9 Å². The molecule has 0 spiro atoms. The van der Waals surface area contributed by atoms with Crippen LogP contribution in [0, 0.1) is 5.92 Å². The van der Waals surface area contributed by atoms with Crippen LogP contribution in [0.4, 0.5) is 0 Å². The van der Waals surface area contributed by atoms with Crippen LogP contribution in [0.5, 0.6) is 5.75 Å². The summed E-state index contributed by atoms with van der Waals surface area (Å²) < 4.78 is 5.57. The summed E-state index contributed by atoms with van der Waals surface area (Å²) in [4.78, 5) is 24.6. The van der Waals surface area contributed by atoms with Gasteiger partial charge in [-0.15, -0.1) is 0 Å². The van der Waals surface area contributed by atoms with Gasteiger partial charge in [-0.2, -0.15) is 0 Å². The van der Waals surface area contributed by atoms with E-state index < -0.39 is 11.9 Å². The Labute approximate surface area is 131 Å². The molecule has 22 heavy (non-hydrogen) atoms. The van der Waals surface area contributed by atoms with Gasteiger partial charge in [0.25, 0.3) is 5.91 Å². The minimum absolute atomic E-state index is 0.164. The minimum Gasteiger partial charge on any atom is -0.490 e. The van der Waals surface area contributed by atoms with E-state index in [9.17, 15) is 9.59 Å². The van der Waals surface area contributed by atoms with Crippen molar-refractivity contribution >= 4 is 11.9 Å². The number of benzene rings is 1. The van der Waals surface area contributed by atoms with E-state index in [1.165, 1.54) is 4.90 Å². The molecule has 1 unspecified atom stereocenters. The molecule has 1 aromatic rings. The molecule has 1 atom stereocenters. The zero-order valence-electron chi connectivity index (χ0n) is 13.5. The Hall–Kier alpha value is -2.30. The second-order valence-electron chi connectivity index (χ2n) is 5.55. The average Bonchev–Trinajstić information content (AvgIpc) is 2.46. The maximum absolute atomic E-state index is 12.3. The molecule has 0 heterocycles. The first-order valence-electron chi connectivity index (χ1n) is 7.15. The number of hydrogen-bond donors (Lipinski definition) is 1. The average molecular weight is 305 g/mol. The number of carboxylic acids is 1. The number of carbonyl (C=O) groups excluding carboxylic acids is 1. The normalized spacial score (nSPS) is 11.5. The zero-order chi connectivity index (χ0) is 16.7. The standard InChI is InChI=1S/C17H23NO4/c1-12(2)8-9-22-15-7-5-6-14(10-15)16(19)18(4)11-13(3)17(20)21/h5-8,10,13H,9,11H2,1-4H3,(H,20,21). The van der Waals surface area contributed by atoms with Crippen molar-refractivity contribution in [3.05, 3.63) is 41.5 Å². The highest BCUT2D eigenvalue weighted by molar-refractivity contribution is 5.94. The van der Waals surface area contributed by atoms with Crippen molar-refractivity contribution in [1.29, 1.82) is 0 Å². The maximum atomic E-state index is 12.3. The van der Waals surface area contributed by atoms with Crippen LogP contribution < -0.4 is 4.74 Å². The molecule has 0 saturated carbocycles. The first-order valence-corrected chi connectivity index (χ1v) is 7.15. The van der Waals surface area contributed by atoms with E-state index in [0.717, 1.165) is 5.57 Å². The smallest absolute Gasteiger partial charge is 0.308 e. The summed E-state index contributed by atoms with van der Waals surface area (Å²) in [6.07, 6.45) is 1.95. The van der Waals surface area contributed by atoms with Crippen LogP contribution in [-0.2, 0) is 4.79 Å². The van der Waals surface area contributed by atoms with Crippen LogP contribution in [0.1, 0.15) is 31.1 Å². The van der Waals surface area contributed by atoms with Gasteiger partial charge in [-0.25, -0.2) is 0 Å². The molecule has 0 aliphatic carbocycles. The summed E-state index contributed by atoms with van der Waals surface area (Å²) in [5, 5.41) is 8.91. The maximum Gasteiger partial charge on any atom is 0.308 e. The predicted molar refractivity (Wildman–Crippen MR) is 85.1 cm³/mol. The molecule has 0 radical (unpaired) electrons. The SMILES string of the molecule is CC(C)=CCOc1cccc(C(=O)N(C)CC(C)C(=O)O)c1. The quantitative estimate of drug-likeness (QED) is 0.787. The third-order valence-electron chi connectivity index (χ3n) is 3.14. The summed E-state index contributed by atoms with van der Waals surface area (Å²) in [5.41, 5.74) is 1.64. The Balaban J connectivity index is 2.73. The van der Waals surface area contributed by atoms with E-state index in [0.29, 0.717) is 17.9 Å². The molecule has 0 aromatic heterocycles. The number of aliphatic carboxylic acids is 1. The molecule has 0 aliphatic heterocycles. The summed E-state index contributed by atoms with van der Waals surface area (Å²) >= 11 is 0. The topological polar surface area (TPSA) is 66.8 Å². The Bertz CT molecular complexity index is 562. The van der Waals surface area contributed by atoms with Crippen molar-refractivity contribution in [3.8, 4) is 5.75 Å². The fraction of sp³-hybridized carbons (Fsp3) is 0.412. The summed E-state index contributed by atoms with van der Waals surface area (Å²) in [6.45, 7) is 6.16. The van der Waals surface area contributed by atoms with Crippen LogP contribution >= 0.6 is 0 Å². The number of nitrogens with zero attached hydrogens (tertiary/aromatic N) is 1. The van der Waals surface area contributed by atoms with E-state index in [1.54, 1.807) is 38.2 Å². The van der Waals surface area contributed by atoms with Crippen LogP contribution in [-0.4, -0.2) is 42.1 Å². The van der Waals surface area contributed by atoms with E-state index in [-0.39, 0.29) is 12.5 Å². The Morgan fingerprint density at radius 1 is 1.36 bits per heavy atom. The van der Waals surface area contributed by atoms with Gasteiger partial charge in [0.15, 0.2) is 0 Å². The van der Waals surface area contributed by atoms with Gasteiger partial charge in [0.05, 0.1) is 5.92 Å². The molecular weight excluding hydrogens is 282 g/mol. The number of carboxylic acid groups (broad SMARTS) is 1. The molecule has 5 heteroatoms. The predicted octanol–water partition coefficient (Wildman–Crippen LogP) is 2.82. The van der Waals surface area contributed by atoms with Gasteiger partial charge in [0.2, 0.25) is 0 Å². The molecule has 1 rings (SSSR count). The molecule has 120 valence electrons. The summed E-state index contributed by atoms with van der Waals surface area (Å²) in [5.74, 6) is -1.13. The highest BCUT2D eigenvalue weighted by atomic mass is 16.5. The first kappa shape index (κ1) is 17.8. The van der Waals surface area contributed by atoms with Crippen molar-refractivity contribution in [2.45, 2.75) is 20.8 Å². The fourth-order valence-corrected chi connectivity index (χ4v) is 1.82. The Kier molecular flexibility index (Phi) is 6.63. The van der Waals surface area contributed by atoms with Crippen molar-refractivity contribution < 1.29 is 19.4 Å². The number of amides is 1. The fourth-order valence-electron chi connectivity index (χ4n) is 1.82. The van der Waals surface area contributed by atoms with E-state index in [4.69, 9.17) is 9.84 Å². The molecule has 0 fully saturated rings. The molecule has 1 amide bonds. The van der Waals surface area contributed by atoms with E-state index in [2.05, 4.69) is 0 Å². The van der Waals surface area contributed by atoms with Crippen LogP contribution in [0.25, 0.3) is 0 Å². The first-order chi connectivity index (χ1) is 10.3. The monoisotopic (exact) mass is 305 g/mol. The van der Waals surface area contributed by atoms with Crippen LogP contribution in [0.2, 0.25) is 0 Å². The Morgan fingerprint density at radius 3 is 2.64 bits per heavy atom. The lowest BCUT2D eigenvalue weighted by atomic mass is 10.1. The number of rotatable bonds is 7. The second kappa shape index (κ2) is 8.22. The molecule has 1 aromatic carbocycles. The van der Waals surface area contributed by atoms with Crippen molar-refractivity contribution in [2.24, 2.45) is 5.92 Å². The summed E-state index contributed by atoms with van der Waals surface area (Å²) in [7, 11) is 1.60. The van der Waals surface area contributed by atoms with Gasteiger partial charge in [-0.05, 0) is 38.1 Å². The second-order valence-corrected chi connectivity index (χ2v) is 5.55. The lowest BCUT2D eigenvalue weighted by Gasteiger charge is -2.19. The largest absolute Gasteiger partial charge is 0.490 e. The van der Waals surface area contributed by atoms with Crippen LogP contribution in [0.3, 0.4) is 0 Å². The molecule has 5 nitrogen and oxygen atoms in total. The molecular formula is C17H23NO4. The molecule has 0 saturated heterocycles. The third kappa shape index (κ3) is 5.60. The number of allylic oxidation sites excluding steroid dienone is 1. The van der Waals surface area contributed by atoms with E-state index >= 15 is 0 Å². The number of ether oxygens (including phenoxy) is 1. The zero-order valence-corrected chi connectivity index (χ0v) is 13.5. The van der Waals surface area contributed by atoms with E-state index in [1.807, 2.05) is 19.9 Å². The molecule has 1 N–H and O–H groups in total. The summed E-state index contributed by atoms with van der Waals surface area (Å²) in [6, 6.07) is 6.90. The van der Waals surface area contributed by atoms with Gasteiger partial charge in [-0.1, -0.05) is 18.6 Å². The highest BCUT2D eigenvalue weighted by Crippen LogP contribution is 2.15. The number of carbonyl (C=O) groups is 2. The lowest BCUT2D eigenvalue weighted by Crippen LogP contribution is -2.33. The van der Waals surface area contributed by atoms with Gasteiger partial charge < -0.3 is 14.7 Å². The van der Waals surface area contributed by atoms with Gasteiger partial charge in [0.1, 0.15) is 12.4 Å². The van der Waals surface area contributed by atoms with Gasteiger partial charge in [-0.3, -0.25) is 9.59 Å². The lowest BCUT2D eigenvalue weighted by molar-refractivity contribution is -0.141. The van der Waals surface area contributed by atoms with Crippen molar-refractivity contribution in [1.82, 2.24) is 4.90 Å².